The number of amides is 1. The molecule has 1 amide bonds. The Morgan fingerprint density at radius 3 is 2.92 bits per heavy atom. The van der Waals surface area contributed by atoms with Crippen LogP contribution < -0.4 is 0 Å². The summed E-state index contributed by atoms with van der Waals surface area (Å²) >= 11 is 0. The third kappa shape index (κ3) is 3.15. The molecule has 2 unspecified atom stereocenters. The van der Waals surface area contributed by atoms with E-state index in [-0.39, 0.29) is 18.2 Å². The quantitative estimate of drug-likeness (QED) is 0.750. The Labute approximate surface area is 147 Å². The van der Waals surface area contributed by atoms with Crippen LogP contribution >= 0.6 is 0 Å². The summed E-state index contributed by atoms with van der Waals surface area (Å²) in [5.74, 6) is 0. The summed E-state index contributed by atoms with van der Waals surface area (Å²) in [5.41, 5.74) is 3.67. The first kappa shape index (κ1) is 16.2. The standard InChI is InChI=1S/C20H24N2O3/c1-20(2,3)25-19(23)22-15-5-4-6-16(22)10-14(9-15)13-7-8-18-17(11-13)21-12-24-18/h7-9,11-12,15-16H,4-6,10H2,1-3H3. The predicted octanol–water partition coefficient (Wildman–Crippen LogP) is 4.77. The lowest BCUT2D eigenvalue weighted by molar-refractivity contribution is 0.0000856. The molecule has 2 atom stereocenters. The Balaban J connectivity index is 1.63. The molecule has 1 aromatic heterocycles. The molecule has 0 aliphatic carbocycles. The van der Waals surface area contributed by atoms with Crippen molar-refractivity contribution >= 4 is 22.8 Å². The molecule has 2 aromatic rings. The normalized spacial score (nSPS) is 23.5. The molecule has 1 fully saturated rings. The van der Waals surface area contributed by atoms with Gasteiger partial charge in [0.2, 0.25) is 0 Å². The highest BCUT2D eigenvalue weighted by Crippen LogP contribution is 2.38. The van der Waals surface area contributed by atoms with Gasteiger partial charge in [-0.3, -0.25) is 4.90 Å². The molecule has 0 spiro atoms. The monoisotopic (exact) mass is 340 g/mol. The highest BCUT2D eigenvalue weighted by Gasteiger charge is 2.39. The van der Waals surface area contributed by atoms with E-state index in [2.05, 4.69) is 23.2 Å². The van der Waals surface area contributed by atoms with Crippen molar-refractivity contribution in [2.75, 3.05) is 0 Å². The molecule has 5 heteroatoms. The number of benzene rings is 1. The lowest BCUT2D eigenvalue weighted by Crippen LogP contribution is -2.53. The van der Waals surface area contributed by atoms with Crippen LogP contribution in [0.5, 0.6) is 0 Å². The molecule has 2 aliphatic rings. The van der Waals surface area contributed by atoms with E-state index in [1.807, 2.05) is 31.7 Å². The van der Waals surface area contributed by atoms with Crippen molar-refractivity contribution < 1.29 is 13.9 Å². The molecule has 132 valence electrons. The number of hydrogen-bond acceptors (Lipinski definition) is 4. The average molecular weight is 340 g/mol. The Morgan fingerprint density at radius 2 is 2.16 bits per heavy atom. The van der Waals surface area contributed by atoms with Crippen LogP contribution in [0, 0.1) is 0 Å². The van der Waals surface area contributed by atoms with Gasteiger partial charge in [-0.25, -0.2) is 9.78 Å². The smallest absolute Gasteiger partial charge is 0.411 e. The zero-order valence-corrected chi connectivity index (χ0v) is 15.0. The molecule has 4 rings (SSSR count). The van der Waals surface area contributed by atoms with Crippen LogP contribution in [0.2, 0.25) is 0 Å². The molecule has 3 heterocycles. The molecule has 25 heavy (non-hydrogen) atoms. The fourth-order valence-electron chi connectivity index (χ4n) is 3.90. The number of rotatable bonds is 1. The van der Waals surface area contributed by atoms with Gasteiger partial charge in [-0.2, -0.15) is 0 Å². The van der Waals surface area contributed by atoms with Gasteiger partial charge >= 0.3 is 6.09 Å². The van der Waals surface area contributed by atoms with Crippen LogP contribution in [-0.4, -0.2) is 33.7 Å². The second-order valence-electron chi connectivity index (χ2n) is 7.97. The number of ether oxygens (including phenoxy) is 1. The first-order valence-corrected chi connectivity index (χ1v) is 8.96. The summed E-state index contributed by atoms with van der Waals surface area (Å²) < 4.78 is 11.0. The molecule has 5 nitrogen and oxygen atoms in total. The molecule has 0 radical (unpaired) electrons. The Bertz CT molecular complexity index is 831. The van der Waals surface area contributed by atoms with Crippen molar-refractivity contribution in [1.82, 2.24) is 9.88 Å². The minimum absolute atomic E-state index is 0.116. The Morgan fingerprint density at radius 1 is 1.32 bits per heavy atom. The zero-order valence-electron chi connectivity index (χ0n) is 15.0. The van der Waals surface area contributed by atoms with Crippen LogP contribution in [0.15, 0.2) is 35.1 Å². The first-order valence-electron chi connectivity index (χ1n) is 8.96. The molecular formula is C20H24N2O3. The van der Waals surface area contributed by atoms with E-state index < -0.39 is 5.60 Å². The number of carbonyl (C=O) groups excluding carboxylic acids is 1. The number of fused-ring (bicyclic) bond motifs is 3. The zero-order chi connectivity index (χ0) is 17.6. The lowest BCUT2D eigenvalue weighted by Gasteiger charge is -2.45. The van der Waals surface area contributed by atoms with Gasteiger partial charge in [-0.05, 0) is 69.7 Å². The topological polar surface area (TPSA) is 55.6 Å². The van der Waals surface area contributed by atoms with Gasteiger partial charge in [-0.15, -0.1) is 0 Å². The van der Waals surface area contributed by atoms with E-state index in [0.717, 1.165) is 36.8 Å². The van der Waals surface area contributed by atoms with Crippen molar-refractivity contribution in [3.8, 4) is 0 Å². The van der Waals surface area contributed by atoms with E-state index >= 15 is 0 Å². The summed E-state index contributed by atoms with van der Waals surface area (Å²) in [4.78, 5) is 18.9. The van der Waals surface area contributed by atoms with E-state index in [4.69, 9.17) is 9.15 Å². The van der Waals surface area contributed by atoms with Gasteiger partial charge < -0.3 is 9.15 Å². The highest BCUT2D eigenvalue weighted by atomic mass is 16.6. The molecule has 2 aliphatic heterocycles. The molecule has 1 saturated heterocycles. The molecule has 1 aromatic carbocycles. The Kier molecular flexibility index (Phi) is 3.82. The molecule has 2 bridgehead atoms. The van der Waals surface area contributed by atoms with Gasteiger partial charge in [0, 0.05) is 6.04 Å². The maximum Gasteiger partial charge on any atom is 0.411 e. The van der Waals surface area contributed by atoms with Crippen molar-refractivity contribution in [2.24, 2.45) is 0 Å². The first-order chi connectivity index (χ1) is 11.9. The van der Waals surface area contributed by atoms with Crippen LogP contribution in [0.25, 0.3) is 16.7 Å². The van der Waals surface area contributed by atoms with Crippen molar-refractivity contribution in [1.29, 1.82) is 0 Å². The molecular weight excluding hydrogens is 316 g/mol. The van der Waals surface area contributed by atoms with Gasteiger partial charge in [0.15, 0.2) is 12.0 Å². The van der Waals surface area contributed by atoms with Gasteiger partial charge in [0.25, 0.3) is 0 Å². The summed E-state index contributed by atoms with van der Waals surface area (Å²) in [6.07, 6.45) is 7.55. The SMILES string of the molecule is CC(C)(C)OC(=O)N1C2C=C(c3ccc4ocnc4c3)CC1CCC2. The number of piperidine rings is 1. The van der Waals surface area contributed by atoms with E-state index in [1.165, 1.54) is 17.5 Å². The van der Waals surface area contributed by atoms with Crippen LogP contribution in [-0.2, 0) is 4.74 Å². The second-order valence-corrected chi connectivity index (χ2v) is 7.97. The largest absolute Gasteiger partial charge is 0.444 e. The fraction of sp³-hybridized carbons (Fsp3) is 0.500. The summed E-state index contributed by atoms with van der Waals surface area (Å²) in [6.45, 7) is 5.75. The van der Waals surface area contributed by atoms with Crippen molar-refractivity contribution in [3.05, 3.63) is 36.2 Å². The minimum atomic E-state index is -0.465. The molecule has 0 N–H and O–H groups in total. The van der Waals surface area contributed by atoms with Crippen LogP contribution in [0.4, 0.5) is 4.79 Å². The predicted molar refractivity (Wildman–Crippen MR) is 96.1 cm³/mol. The molecule has 0 saturated carbocycles. The van der Waals surface area contributed by atoms with Gasteiger partial charge in [0.05, 0.1) is 6.04 Å². The maximum atomic E-state index is 12.7. The number of oxazole rings is 1. The van der Waals surface area contributed by atoms with Crippen LogP contribution in [0.1, 0.15) is 52.0 Å². The Hall–Kier alpha value is -2.30. The summed E-state index contributed by atoms with van der Waals surface area (Å²) in [7, 11) is 0. The van der Waals surface area contributed by atoms with Gasteiger partial charge in [0.1, 0.15) is 11.1 Å². The summed E-state index contributed by atoms with van der Waals surface area (Å²) in [6, 6.07) is 6.45. The summed E-state index contributed by atoms with van der Waals surface area (Å²) in [5, 5.41) is 0. The number of nitrogens with zero attached hydrogens (tertiary/aromatic N) is 2. The number of aromatic nitrogens is 1. The second kappa shape index (κ2) is 5.90. The minimum Gasteiger partial charge on any atom is -0.444 e. The van der Waals surface area contributed by atoms with E-state index in [0.29, 0.717) is 0 Å². The number of carbonyl (C=O) groups is 1. The fourth-order valence-corrected chi connectivity index (χ4v) is 3.90. The number of hydrogen-bond donors (Lipinski definition) is 0. The highest BCUT2D eigenvalue weighted by molar-refractivity contribution is 5.81. The lowest BCUT2D eigenvalue weighted by atomic mass is 9.83. The maximum absolute atomic E-state index is 12.7. The third-order valence-electron chi connectivity index (χ3n) is 4.94. The van der Waals surface area contributed by atoms with Crippen molar-refractivity contribution in [3.63, 3.8) is 0 Å². The van der Waals surface area contributed by atoms with E-state index in [1.54, 1.807) is 0 Å². The average Bonchev–Trinajstić information content (AvgIpc) is 2.99. The van der Waals surface area contributed by atoms with Crippen LogP contribution in [0.3, 0.4) is 0 Å². The van der Waals surface area contributed by atoms with Gasteiger partial charge in [-0.1, -0.05) is 12.1 Å². The van der Waals surface area contributed by atoms with Crippen molar-refractivity contribution in [2.45, 2.75) is 64.1 Å². The third-order valence-corrected chi connectivity index (χ3v) is 4.94. The van der Waals surface area contributed by atoms with E-state index in [9.17, 15) is 4.79 Å².